The van der Waals surface area contributed by atoms with Gasteiger partial charge in [-0.05, 0) is 52.1 Å². The quantitative estimate of drug-likeness (QED) is 0.235. The number of ether oxygens (including phenoxy) is 3. The molecule has 2 aromatic rings. The zero-order valence-corrected chi connectivity index (χ0v) is 23.3. The van der Waals surface area contributed by atoms with Crippen molar-refractivity contribution in [3.05, 3.63) is 46.0 Å². The topological polar surface area (TPSA) is 114 Å². The van der Waals surface area contributed by atoms with E-state index in [0.717, 1.165) is 5.69 Å². The van der Waals surface area contributed by atoms with Crippen molar-refractivity contribution in [2.24, 2.45) is 0 Å². The van der Waals surface area contributed by atoms with Gasteiger partial charge >= 0.3 is 5.97 Å². The van der Waals surface area contributed by atoms with Crippen LogP contribution in [0, 0.1) is 0 Å². The summed E-state index contributed by atoms with van der Waals surface area (Å²) in [5.74, 6) is -1.68. The average Bonchev–Trinajstić information content (AvgIpc) is 3.20. The Morgan fingerprint density at radius 1 is 1.13 bits per heavy atom. The van der Waals surface area contributed by atoms with Crippen LogP contribution in [-0.4, -0.2) is 74.0 Å². The molecule has 0 aromatic heterocycles. The lowest BCUT2D eigenvalue weighted by atomic mass is 9.87. The van der Waals surface area contributed by atoms with E-state index < -0.39 is 24.0 Å². The van der Waals surface area contributed by atoms with Gasteiger partial charge in [-0.1, -0.05) is 11.6 Å². The maximum absolute atomic E-state index is 13.4. The number of phenolic OH excluding ortho intramolecular Hbond substituents is 1. The fourth-order valence-electron chi connectivity index (χ4n) is 4.88. The summed E-state index contributed by atoms with van der Waals surface area (Å²) < 4.78 is 16.2. The van der Waals surface area contributed by atoms with Crippen LogP contribution in [0.2, 0.25) is 5.02 Å². The van der Waals surface area contributed by atoms with Crippen molar-refractivity contribution in [3.8, 4) is 17.2 Å². The Hall–Kier alpha value is -3.30. The SMILES string of the molecule is COc1cc(OC)c(C2CCN(C)C2COC(C)=O)c(O)c1C(=O)CC(=O)c1ccc(NC(C)C)cc1Cl. The number of halogens is 1. The molecule has 0 amide bonds. The van der Waals surface area contributed by atoms with E-state index >= 15 is 0 Å². The molecule has 1 heterocycles. The van der Waals surface area contributed by atoms with E-state index in [0.29, 0.717) is 24.3 Å². The Kier molecular flexibility index (Phi) is 9.62. The molecule has 3 rings (SSSR count). The smallest absolute Gasteiger partial charge is 0.302 e. The molecule has 206 valence electrons. The van der Waals surface area contributed by atoms with Gasteiger partial charge in [-0.3, -0.25) is 19.3 Å². The van der Waals surface area contributed by atoms with E-state index in [2.05, 4.69) is 5.32 Å². The zero-order valence-electron chi connectivity index (χ0n) is 22.6. The van der Waals surface area contributed by atoms with Crippen molar-refractivity contribution in [2.75, 3.05) is 39.7 Å². The summed E-state index contributed by atoms with van der Waals surface area (Å²) in [5.41, 5.74) is 1.27. The number of ketones is 2. The van der Waals surface area contributed by atoms with E-state index in [1.165, 1.54) is 27.2 Å². The highest BCUT2D eigenvalue weighted by Gasteiger charge is 2.39. The summed E-state index contributed by atoms with van der Waals surface area (Å²) in [7, 11) is 4.73. The highest BCUT2D eigenvalue weighted by Crippen LogP contribution is 2.47. The molecule has 0 spiro atoms. The molecule has 9 nitrogen and oxygen atoms in total. The number of anilines is 1. The van der Waals surface area contributed by atoms with Gasteiger partial charge in [0.1, 0.15) is 29.4 Å². The van der Waals surface area contributed by atoms with Crippen molar-refractivity contribution in [3.63, 3.8) is 0 Å². The van der Waals surface area contributed by atoms with Gasteiger partial charge in [0.05, 0.1) is 31.7 Å². The lowest BCUT2D eigenvalue weighted by Gasteiger charge is -2.27. The monoisotopic (exact) mass is 546 g/mol. The summed E-state index contributed by atoms with van der Waals surface area (Å²) >= 11 is 6.36. The van der Waals surface area contributed by atoms with E-state index in [1.54, 1.807) is 18.2 Å². The number of benzene rings is 2. The van der Waals surface area contributed by atoms with Crippen molar-refractivity contribution < 1.29 is 33.7 Å². The van der Waals surface area contributed by atoms with Crippen LogP contribution >= 0.6 is 11.6 Å². The van der Waals surface area contributed by atoms with Crippen LogP contribution < -0.4 is 14.8 Å². The molecule has 2 unspecified atom stereocenters. The van der Waals surface area contributed by atoms with E-state index in [1.807, 2.05) is 25.8 Å². The number of hydrogen-bond donors (Lipinski definition) is 2. The second-order valence-electron chi connectivity index (χ2n) is 9.68. The summed E-state index contributed by atoms with van der Waals surface area (Å²) in [6, 6.07) is 6.42. The first-order chi connectivity index (χ1) is 18.0. The van der Waals surface area contributed by atoms with Crippen molar-refractivity contribution in [1.82, 2.24) is 4.90 Å². The van der Waals surface area contributed by atoms with Gasteiger partial charge in [0.2, 0.25) is 0 Å². The lowest BCUT2D eigenvalue weighted by molar-refractivity contribution is -0.142. The van der Waals surface area contributed by atoms with Gasteiger partial charge in [-0.25, -0.2) is 0 Å². The molecule has 1 aliphatic heterocycles. The first-order valence-corrected chi connectivity index (χ1v) is 12.8. The number of likely N-dealkylation sites (N-methyl/N-ethyl adjacent to an activating group) is 1. The molecule has 0 radical (unpaired) electrons. The molecule has 0 aliphatic carbocycles. The summed E-state index contributed by atoms with van der Waals surface area (Å²) in [5, 5.41) is 14.9. The fourth-order valence-corrected chi connectivity index (χ4v) is 5.17. The Labute approximate surface area is 228 Å². The van der Waals surface area contributed by atoms with Gasteiger partial charge in [0.15, 0.2) is 11.6 Å². The lowest BCUT2D eigenvalue weighted by Crippen LogP contribution is -2.34. The Morgan fingerprint density at radius 2 is 1.82 bits per heavy atom. The highest BCUT2D eigenvalue weighted by atomic mass is 35.5. The number of methoxy groups -OCH3 is 2. The second-order valence-corrected chi connectivity index (χ2v) is 10.1. The number of Topliss-reactive ketones (excluding diaryl/α,β-unsaturated/α-hetero) is 2. The van der Waals surface area contributed by atoms with Gasteiger partial charge in [-0.15, -0.1) is 0 Å². The Morgan fingerprint density at radius 3 is 2.39 bits per heavy atom. The minimum absolute atomic E-state index is 0.0892. The van der Waals surface area contributed by atoms with E-state index in [-0.39, 0.29) is 52.3 Å². The third-order valence-electron chi connectivity index (χ3n) is 6.68. The fraction of sp³-hybridized carbons (Fsp3) is 0.464. The van der Waals surface area contributed by atoms with Crippen LogP contribution in [0.3, 0.4) is 0 Å². The number of aromatic hydroxyl groups is 1. The largest absolute Gasteiger partial charge is 0.507 e. The van der Waals surface area contributed by atoms with Crippen LogP contribution in [0.4, 0.5) is 5.69 Å². The molecule has 10 heteroatoms. The Balaban J connectivity index is 1.97. The van der Waals surface area contributed by atoms with Gasteiger partial charge in [0.25, 0.3) is 0 Å². The number of nitrogens with one attached hydrogen (secondary N) is 1. The van der Waals surface area contributed by atoms with Crippen molar-refractivity contribution in [2.45, 2.75) is 51.6 Å². The molecule has 2 atom stereocenters. The number of carbonyl (C=O) groups excluding carboxylic acids is 3. The molecule has 2 N–H and O–H groups in total. The van der Waals surface area contributed by atoms with Gasteiger partial charge in [0, 0.05) is 41.8 Å². The average molecular weight is 547 g/mol. The Bertz CT molecular complexity index is 1210. The third kappa shape index (κ3) is 6.39. The van der Waals surface area contributed by atoms with Crippen LogP contribution in [-0.2, 0) is 9.53 Å². The van der Waals surface area contributed by atoms with Crippen LogP contribution in [0.25, 0.3) is 0 Å². The molecule has 2 aromatic carbocycles. The standard InChI is InChI=1S/C28H35ClN2O7/c1-15(2)30-17-7-8-18(20(29)11-17)22(33)12-23(34)27-25(37-6)13-24(36-5)26(28(27)35)19-9-10-31(4)21(19)14-38-16(3)32/h7-8,11,13,15,19,21,30,35H,9-10,12,14H2,1-6H3. The first-order valence-electron chi connectivity index (χ1n) is 12.4. The summed E-state index contributed by atoms with van der Waals surface area (Å²) in [6.45, 7) is 6.11. The van der Waals surface area contributed by atoms with Gasteiger partial charge in [-0.2, -0.15) is 0 Å². The summed E-state index contributed by atoms with van der Waals surface area (Å²) in [6.07, 6.45) is 0.116. The maximum atomic E-state index is 13.4. The molecule has 1 saturated heterocycles. The van der Waals surface area contributed by atoms with Crippen LogP contribution in [0.1, 0.15) is 65.8 Å². The molecular weight excluding hydrogens is 512 g/mol. The number of hydrogen-bond acceptors (Lipinski definition) is 9. The number of likely N-dealkylation sites (tertiary alicyclic amines) is 1. The normalized spacial score (nSPS) is 17.4. The number of rotatable bonds is 11. The molecular formula is C28H35ClN2O7. The molecule has 0 saturated carbocycles. The van der Waals surface area contributed by atoms with E-state index in [4.69, 9.17) is 25.8 Å². The van der Waals surface area contributed by atoms with Gasteiger partial charge < -0.3 is 24.6 Å². The predicted molar refractivity (Wildman–Crippen MR) is 145 cm³/mol. The predicted octanol–water partition coefficient (Wildman–Crippen LogP) is 4.69. The number of nitrogens with zero attached hydrogens (tertiary/aromatic N) is 1. The van der Waals surface area contributed by atoms with Crippen molar-refractivity contribution >= 4 is 34.8 Å². The molecule has 38 heavy (non-hydrogen) atoms. The molecule has 0 bridgehead atoms. The zero-order chi connectivity index (χ0) is 28.1. The summed E-state index contributed by atoms with van der Waals surface area (Å²) in [4.78, 5) is 40.0. The number of phenols is 1. The second kappa shape index (κ2) is 12.5. The highest BCUT2D eigenvalue weighted by molar-refractivity contribution is 6.35. The van der Waals surface area contributed by atoms with Crippen molar-refractivity contribution in [1.29, 1.82) is 0 Å². The number of esters is 1. The minimum atomic E-state index is -0.614. The molecule has 1 aliphatic rings. The molecule has 1 fully saturated rings. The van der Waals surface area contributed by atoms with E-state index in [9.17, 15) is 19.5 Å². The first kappa shape index (κ1) is 29.3. The third-order valence-corrected chi connectivity index (χ3v) is 6.99. The van der Waals surface area contributed by atoms with Crippen LogP contribution in [0.15, 0.2) is 24.3 Å². The number of carbonyl (C=O) groups is 3. The van der Waals surface area contributed by atoms with Crippen LogP contribution in [0.5, 0.6) is 17.2 Å². The minimum Gasteiger partial charge on any atom is -0.507 e. The maximum Gasteiger partial charge on any atom is 0.302 e.